The van der Waals surface area contributed by atoms with E-state index in [2.05, 4.69) is 22.4 Å². The molecule has 0 bridgehead atoms. The number of hydrogen-bond acceptors (Lipinski definition) is 3. The van der Waals surface area contributed by atoms with E-state index in [1.165, 1.54) is 5.39 Å². The number of benzene rings is 1. The molecule has 18 heavy (non-hydrogen) atoms. The fourth-order valence-corrected chi connectivity index (χ4v) is 2.68. The second kappa shape index (κ2) is 4.13. The monoisotopic (exact) mass is 241 g/mol. The zero-order valence-corrected chi connectivity index (χ0v) is 10.2. The van der Waals surface area contributed by atoms with Crippen LogP contribution >= 0.6 is 0 Å². The Morgan fingerprint density at radius 1 is 1.44 bits per heavy atom. The standard InChI is InChI=1S/C14H15N3O/c1-16-13(14(7-15)8-18-9-14)11-6-17-12-5-3-2-4-10(11)12/h2-6,13,16-17H,8-9H2,1H3. The summed E-state index contributed by atoms with van der Waals surface area (Å²) in [6.45, 7) is 0.989. The molecule has 1 atom stereocenters. The molecule has 1 aromatic heterocycles. The summed E-state index contributed by atoms with van der Waals surface area (Å²) in [7, 11) is 1.89. The van der Waals surface area contributed by atoms with Crippen LogP contribution in [0.15, 0.2) is 30.5 Å². The van der Waals surface area contributed by atoms with E-state index in [0.29, 0.717) is 13.2 Å². The summed E-state index contributed by atoms with van der Waals surface area (Å²) >= 11 is 0. The van der Waals surface area contributed by atoms with Gasteiger partial charge in [0, 0.05) is 17.1 Å². The lowest BCUT2D eigenvalue weighted by Crippen LogP contribution is -2.50. The predicted octanol–water partition coefficient (Wildman–Crippen LogP) is 1.97. The highest BCUT2D eigenvalue weighted by atomic mass is 16.5. The molecule has 0 amide bonds. The highest BCUT2D eigenvalue weighted by Crippen LogP contribution is 2.41. The molecule has 92 valence electrons. The number of H-pyrrole nitrogens is 1. The van der Waals surface area contributed by atoms with Crippen LogP contribution in [0.25, 0.3) is 10.9 Å². The lowest BCUT2D eigenvalue weighted by Gasteiger charge is -2.41. The predicted molar refractivity (Wildman–Crippen MR) is 69.0 cm³/mol. The number of rotatable bonds is 3. The van der Waals surface area contributed by atoms with Gasteiger partial charge in [-0.3, -0.25) is 0 Å². The first-order valence-corrected chi connectivity index (χ1v) is 6.03. The molecule has 2 heterocycles. The van der Waals surface area contributed by atoms with Gasteiger partial charge in [0.1, 0.15) is 5.41 Å². The van der Waals surface area contributed by atoms with E-state index in [0.717, 1.165) is 11.1 Å². The largest absolute Gasteiger partial charge is 0.378 e. The van der Waals surface area contributed by atoms with Gasteiger partial charge in [0.15, 0.2) is 0 Å². The summed E-state index contributed by atoms with van der Waals surface area (Å²) in [4.78, 5) is 3.26. The van der Waals surface area contributed by atoms with Crippen LogP contribution in [0, 0.1) is 16.7 Å². The molecule has 4 heteroatoms. The van der Waals surface area contributed by atoms with E-state index in [-0.39, 0.29) is 6.04 Å². The number of para-hydroxylation sites is 1. The summed E-state index contributed by atoms with van der Waals surface area (Å²) in [5.74, 6) is 0. The van der Waals surface area contributed by atoms with Crippen molar-refractivity contribution in [3.05, 3.63) is 36.0 Å². The van der Waals surface area contributed by atoms with E-state index in [1.807, 2.05) is 31.4 Å². The number of nitriles is 1. The van der Waals surface area contributed by atoms with Gasteiger partial charge in [0.25, 0.3) is 0 Å². The summed E-state index contributed by atoms with van der Waals surface area (Å²) in [5, 5.41) is 13.9. The first kappa shape index (κ1) is 11.3. The molecule has 3 rings (SSSR count). The van der Waals surface area contributed by atoms with Gasteiger partial charge in [0.2, 0.25) is 0 Å². The number of nitrogens with one attached hydrogen (secondary N) is 2. The lowest BCUT2D eigenvalue weighted by molar-refractivity contribution is -0.0961. The Bertz CT molecular complexity index is 607. The van der Waals surface area contributed by atoms with Crippen LogP contribution in [-0.2, 0) is 4.74 Å². The molecule has 1 unspecified atom stereocenters. The van der Waals surface area contributed by atoms with Crippen LogP contribution in [0.2, 0.25) is 0 Å². The third-order valence-corrected chi connectivity index (χ3v) is 3.72. The van der Waals surface area contributed by atoms with Crippen molar-refractivity contribution in [3.8, 4) is 6.07 Å². The zero-order chi connectivity index (χ0) is 12.6. The zero-order valence-electron chi connectivity index (χ0n) is 10.2. The van der Waals surface area contributed by atoms with Crippen molar-refractivity contribution in [2.24, 2.45) is 5.41 Å². The molecule has 2 N–H and O–H groups in total. The van der Waals surface area contributed by atoms with Crippen LogP contribution in [0.4, 0.5) is 0 Å². The van der Waals surface area contributed by atoms with E-state index in [1.54, 1.807) is 0 Å². The summed E-state index contributed by atoms with van der Waals surface area (Å²) in [6.07, 6.45) is 1.99. The molecule has 1 aromatic carbocycles. The van der Waals surface area contributed by atoms with Gasteiger partial charge in [-0.1, -0.05) is 18.2 Å². The van der Waals surface area contributed by atoms with Crippen molar-refractivity contribution in [2.75, 3.05) is 20.3 Å². The molecular weight excluding hydrogens is 226 g/mol. The fraction of sp³-hybridized carbons (Fsp3) is 0.357. The van der Waals surface area contributed by atoms with Crippen molar-refractivity contribution < 1.29 is 4.74 Å². The van der Waals surface area contributed by atoms with Crippen molar-refractivity contribution in [3.63, 3.8) is 0 Å². The Balaban J connectivity index is 2.09. The first-order valence-electron chi connectivity index (χ1n) is 6.03. The maximum absolute atomic E-state index is 9.43. The van der Waals surface area contributed by atoms with Crippen LogP contribution in [0.5, 0.6) is 0 Å². The SMILES string of the molecule is CNC(c1c[nH]c2ccccc12)C1(C#N)COC1. The molecule has 1 saturated heterocycles. The third kappa shape index (κ3) is 1.45. The quantitative estimate of drug-likeness (QED) is 0.863. The molecule has 1 fully saturated rings. The van der Waals surface area contributed by atoms with Gasteiger partial charge in [0.05, 0.1) is 25.3 Å². The van der Waals surface area contributed by atoms with E-state index in [9.17, 15) is 5.26 Å². The Hall–Kier alpha value is -1.83. The smallest absolute Gasteiger partial charge is 0.123 e. The van der Waals surface area contributed by atoms with E-state index >= 15 is 0 Å². The molecule has 0 radical (unpaired) electrons. The number of hydrogen-bond donors (Lipinski definition) is 2. The summed E-state index contributed by atoms with van der Waals surface area (Å²) in [5.41, 5.74) is 1.79. The molecule has 0 saturated carbocycles. The molecule has 1 aliphatic heterocycles. The minimum absolute atomic E-state index is 0.00704. The van der Waals surface area contributed by atoms with Crippen LogP contribution < -0.4 is 5.32 Å². The average molecular weight is 241 g/mol. The van der Waals surface area contributed by atoms with Crippen molar-refractivity contribution >= 4 is 10.9 Å². The van der Waals surface area contributed by atoms with Gasteiger partial charge >= 0.3 is 0 Å². The van der Waals surface area contributed by atoms with E-state index < -0.39 is 5.41 Å². The maximum atomic E-state index is 9.43. The van der Waals surface area contributed by atoms with Crippen molar-refractivity contribution in [1.82, 2.24) is 10.3 Å². The van der Waals surface area contributed by atoms with Gasteiger partial charge in [-0.25, -0.2) is 0 Å². The van der Waals surface area contributed by atoms with Crippen molar-refractivity contribution in [2.45, 2.75) is 6.04 Å². The topological polar surface area (TPSA) is 60.8 Å². The second-order valence-corrected chi connectivity index (χ2v) is 4.77. The summed E-state index contributed by atoms with van der Waals surface area (Å²) < 4.78 is 5.25. The molecule has 0 spiro atoms. The van der Waals surface area contributed by atoms with Gasteiger partial charge < -0.3 is 15.0 Å². The Labute approximate surface area is 106 Å². The number of fused-ring (bicyclic) bond motifs is 1. The minimum Gasteiger partial charge on any atom is -0.378 e. The van der Waals surface area contributed by atoms with Crippen LogP contribution in [0.1, 0.15) is 11.6 Å². The lowest BCUT2D eigenvalue weighted by atomic mass is 9.76. The number of nitrogens with zero attached hydrogens (tertiary/aromatic N) is 1. The van der Waals surface area contributed by atoms with Crippen LogP contribution in [-0.4, -0.2) is 25.2 Å². The Morgan fingerprint density at radius 2 is 2.22 bits per heavy atom. The molecule has 1 aliphatic rings. The molecule has 0 aliphatic carbocycles. The Kier molecular flexibility index (Phi) is 2.58. The fourth-order valence-electron chi connectivity index (χ4n) is 2.68. The highest BCUT2D eigenvalue weighted by molar-refractivity contribution is 5.83. The molecule has 4 nitrogen and oxygen atoms in total. The number of aromatic nitrogens is 1. The Morgan fingerprint density at radius 3 is 2.83 bits per heavy atom. The minimum atomic E-state index is -0.445. The maximum Gasteiger partial charge on any atom is 0.123 e. The normalized spacial score (nSPS) is 19.1. The number of aromatic amines is 1. The average Bonchev–Trinajstić information content (AvgIpc) is 2.77. The van der Waals surface area contributed by atoms with Crippen molar-refractivity contribution in [1.29, 1.82) is 5.26 Å². The number of ether oxygens (including phenoxy) is 1. The third-order valence-electron chi connectivity index (χ3n) is 3.72. The van der Waals surface area contributed by atoms with Crippen LogP contribution in [0.3, 0.4) is 0 Å². The molecule has 2 aromatic rings. The van der Waals surface area contributed by atoms with Gasteiger partial charge in [-0.15, -0.1) is 0 Å². The first-order chi connectivity index (χ1) is 8.80. The van der Waals surface area contributed by atoms with Gasteiger partial charge in [-0.2, -0.15) is 5.26 Å². The molecular formula is C14H15N3O. The highest BCUT2D eigenvalue weighted by Gasteiger charge is 2.47. The second-order valence-electron chi connectivity index (χ2n) is 4.77. The van der Waals surface area contributed by atoms with E-state index in [4.69, 9.17) is 4.74 Å². The van der Waals surface area contributed by atoms with Gasteiger partial charge in [-0.05, 0) is 18.7 Å². The summed E-state index contributed by atoms with van der Waals surface area (Å²) in [6, 6.07) is 10.6.